The van der Waals surface area contributed by atoms with E-state index in [1.165, 1.54) is 12.3 Å². The van der Waals surface area contributed by atoms with E-state index in [0.29, 0.717) is 11.4 Å². The van der Waals surface area contributed by atoms with Gasteiger partial charge in [-0.3, -0.25) is 19.4 Å². The van der Waals surface area contributed by atoms with Gasteiger partial charge >= 0.3 is 0 Å². The number of benzene rings is 1. The average molecular weight is 379 g/mol. The van der Waals surface area contributed by atoms with Crippen molar-refractivity contribution >= 4 is 26.6 Å². The van der Waals surface area contributed by atoms with Crippen molar-refractivity contribution in [2.24, 2.45) is 7.05 Å². The number of hydrogen-bond donors (Lipinski definition) is 1. The minimum Gasteiger partial charge on any atom is -0.277 e. The van der Waals surface area contributed by atoms with Crippen LogP contribution in [0.4, 0.5) is 5.69 Å². The molecule has 1 N–H and O–H groups in total. The maximum Gasteiger partial charge on any atom is 0.263 e. The van der Waals surface area contributed by atoms with Crippen molar-refractivity contribution in [1.29, 1.82) is 0 Å². The highest BCUT2D eigenvalue weighted by atomic mass is 32.2. The smallest absolute Gasteiger partial charge is 0.263 e. The van der Waals surface area contributed by atoms with E-state index in [-0.39, 0.29) is 4.90 Å². The van der Waals surface area contributed by atoms with Crippen LogP contribution in [0.5, 0.6) is 0 Å². The highest BCUT2D eigenvalue weighted by Gasteiger charge is 2.17. The van der Waals surface area contributed by atoms with Gasteiger partial charge in [-0.15, -0.1) is 0 Å². The molecule has 0 fully saturated rings. The number of fused-ring (bicyclic) bond motifs is 1. The van der Waals surface area contributed by atoms with E-state index in [4.69, 9.17) is 0 Å². The Labute approximate surface area is 156 Å². The molecule has 0 amide bonds. The molecule has 7 nitrogen and oxygen atoms in total. The number of aromatic nitrogens is 4. The summed E-state index contributed by atoms with van der Waals surface area (Å²) in [7, 11) is -2.00. The van der Waals surface area contributed by atoms with Gasteiger partial charge in [0.05, 0.1) is 23.1 Å². The monoisotopic (exact) mass is 379 g/mol. The molecule has 4 rings (SSSR count). The van der Waals surface area contributed by atoms with E-state index < -0.39 is 10.0 Å². The summed E-state index contributed by atoms with van der Waals surface area (Å²) < 4.78 is 29.8. The Kier molecular flexibility index (Phi) is 4.12. The van der Waals surface area contributed by atoms with Crippen molar-refractivity contribution in [3.63, 3.8) is 0 Å². The Morgan fingerprint density at radius 3 is 2.52 bits per heavy atom. The van der Waals surface area contributed by atoms with Gasteiger partial charge in [-0.05, 0) is 37.3 Å². The van der Waals surface area contributed by atoms with E-state index in [1.54, 1.807) is 42.3 Å². The lowest BCUT2D eigenvalue weighted by Crippen LogP contribution is -2.14. The number of aryl methyl sites for hydroxylation is 2. The second-order valence-electron chi connectivity index (χ2n) is 6.18. The Balaban J connectivity index is 1.65. The molecular weight excluding hydrogens is 362 g/mol. The van der Waals surface area contributed by atoms with Crippen LogP contribution in [-0.2, 0) is 17.1 Å². The summed E-state index contributed by atoms with van der Waals surface area (Å²) in [5, 5.41) is 5.03. The minimum atomic E-state index is -3.77. The fourth-order valence-electron chi connectivity index (χ4n) is 2.85. The molecule has 0 unspecified atom stereocenters. The molecule has 0 spiro atoms. The van der Waals surface area contributed by atoms with E-state index in [1.807, 2.05) is 25.1 Å². The number of rotatable bonds is 4. The molecule has 0 saturated heterocycles. The molecule has 27 heavy (non-hydrogen) atoms. The van der Waals surface area contributed by atoms with Crippen molar-refractivity contribution in [3.05, 3.63) is 66.7 Å². The Morgan fingerprint density at radius 1 is 0.963 bits per heavy atom. The van der Waals surface area contributed by atoms with Crippen LogP contribution in [0.3, 0.4) is 0 Å². The number of anilines is 1. The van der Waals surface area contributed by atoms with E-state index in [2.05, 4.69) is 19.8 Å². The third-order valence-corrected chi connectivity index (χ3v) is 5.61. The molecule has 0 aliphatic carbocycles. The number of nitrogens with one attached hydrogen (secondary N) is 1. The number of para-hydroxylation sites is 1. The zero-order valence-corrected chi connectivity index (χ0v) is 15.6. The summed E-state index contributed by atoms with van der Waals surface area (Å²) in [4.78, 5) is 8.60. The van der Waals surface area contributed by atoms with Crippen LogP contribution >= 0.6 is 0 Å². The van der Waals surface area contributed by atoms with Gasteiger partial charge in [0.15, 0.2) is 0 Å². The molecule has 4 aromatic rings. The van der Waals surface area contributed by atoms with Gasteiger partial charge in [-0.2, -0.15) is 5.10 Å². The summed E-state index contributed by atoms with van der Waals surface area (Å²) in [5.41, 5.74) is 3.59. The van der Waals surface area contributed by atoms with Crippen LogP contribution in [0.25, 0.3) is 22.2 Å². The Morgan fingerprint density at radius 2 is 1.81 bits per heavy atom. The highest BCUT2D eigenvalue weighted by Crippen LogP contribution is 2.25. The van der Waals surface area contributed by atoms with Crippen LogP contribution in [0, 0.1) is 6.92 Å². The van der Waals surface area contributed by atoms with Gasteiger partial charge in [0.2, 0.25) is 0 Å². The maximum absolute atomic E-state index is 12.8. The Bertz CT molecular complexity index is 1210. The molecule has 136 valence electrons. The van der Waals surface area contributed by atoms with Crippen molar-refractivity contribution in [1.82, 2.24) is 19.7 Å². The predicted molar refractivity (Wildman–Crippen MR) is 104 cm³/mol. The summed E-state index contributed by atoms with van der Waals surface area (Å²) in [6, 6.07) is 12.4. The summed E-state index contributed by atoms with van der Waals surface area (Å²) in [6.45, 7) is 1.90. The van der Waals surface area contributed by atoms with Gasteiger partial charge in [-0.1, -0.05) is 12.1 Å². The van der Waals surface area contributed by atoms with E-state index in [0.717, 1.165) is 22.2 Å². The summed E-state index contributed by atoms with van der Waals surface area (Å²) in [6.07, 6.45) is 4.76. The molecule has 3 heterocycles. The number of pyridine rings is 2. The predicted octanol–water partition coefficient (Wildman–Crippen LogP) is 3.14. The average Bonchev–Trinajstić information content (AvgIpc) is 3.04. The number of nitrogens with zero attached hydrogens (tertiary/aromatic N) is 4. The molecule has 3 aromatic heterocycles. The SMILES string of the molecule is Cc1ccc(-c2ccc(S(=O)(=O)Nc3cccc4cnn(C)c34)cn2)cn1. The van der Waals surface area contributed by atoms with Crippen LogP contribution in [0.2, 0.25) is 0 Å². The maximum atomic E-state index is 12.8. The second kappa shape index (κ2) is 6.48. The van der Waals surface area contributed by atoms with Gasteiger partial charge in [0, 0.05) is 36.1 Å². The van der Waals surface area contributed by atoms with Crippen molar-refractivity contribution in [2.75, 3.05) is 4.72 Å². The first-order valence-corrected chi connectivity index (χ1v) is 9.75. The summed E-state index contributed by atoms with van der Waals surface area (Å²) >= 11 is 0. The largest absolute Gasteiger partial charge is 0.277 e. The molecule has 0 bridgehead atoms. The minimum absolute atomic E-state index is 0.0884. The standard InChI is InChI=1S/C19H17N5O2S/c1-13-6-7-14(10-20-13)17-9-8-16(12-21-17)27(25,26)23-18-5-3-4-15-11-22-24(2)19(15)18/h3-12,23H,1-2H3. The molecule has 0 aliphatic rings. The second-order valence-corrected chi connectivity index (χ2v) is 7.87. The first-order chi connectivity index (χ1) is 12.9. The van der Waals surface area contributed by atoms with Gasteiger partial charge in [0.25, 0.3) is 10.0 Å². The third kappa shape index (κ3) is 3.26. The lowest BCUT2D eigenvalue weighted by molar-refractivity contribution is 0.601. The first kappa shape index (κ1) is 17.2. The van der Waals surface area contributed by atoms with Crippen molar-refractivity contribution in [3.8, 4) is 11.3 Å². The van der Waals surface area contributed by atoms with Crippen molar-refractivity contribution in [2.45, 2.75) is 11.8 Å². The lowest BCUT2D eigenvalue weighted by Gasteiger charge is -2.10. The highest BCUT2D eigenvalue weighted by molar-refractivity contribution is 7.92. The van der Waals surface area contributed by atoms with Gasteiger partial charge < -0.3 is 0 Å². The zero-order chi connectivity index (χ0) is 19.0. The normalized spacial score (nSPS) is 11.6. The Hall–Kier alpha value is -3.26. The molecule has 1 aromatic carbocycles. The number of hydrogen-bond acceptors (Lipinski definition) is 5. The van der Waals surface area contributed by atoms with Crippen LogP contribution in [-0.4, -0.2) is 28.2 Å². The number of sulfonamides is 1. The topological polar surface area (TPSA) is 89.8 Å². The van der Waals surface area contributed by atoms with Crippen LogP contribution < -0.4 is 4.72 Å². The van der Waals surface area contributed by atoms with Gasteiger partial charge in [-0.25, -0.2) is 8.42 Å². The first-order valence-electron chi connectivity index (χ1n) is 8.27. The fourth-order valence-corrected chi connectivity index (χ4v) is 3.86. The van der Waals surface area contributed by atoms with Crippen LogP contribution in [0.1, 0.15) is 5.69 Å². The molecular formula is C19H17N5O2S. The molecule has 0 saturated carbocycles. The fraction of sp³-hybridized carbons (Fsp3) is 0.105. The quantitative estimate of drug-likeness (QED) is 0.588. The zero-order valence-electron chi connectivity index (χ0n) is 14.8. The molecule has 0 radical (unpaired) electrons. The lowest BCUT2D eigenvalue weighted by atomic mass is 10.2. The molecule has 0 aliphatic heterocycles. The van der Waals surface area contributed by atoms with Crippen LogP contribution in [0.15, 0.2) is 66.0 Å². The van der Waals surface area contributed by atoms with Gasteiger partial charge in [0.1, 0.15) is 4.90 Å². The molecule has 8 heteroatoms. The van der Waals surface area contributed by atoms with Crippen molar-refractivity contribution < 1.29 is 8.42 Å². The molecule has 0 atom stereocenters. The third-order valence-electron chi connectivity index (χ3n) is 4.26. The van der Waals surface area contributed by atoms with E-state index in [9.17, 15) is 8.42 Å². The van der Waals surface area contributed by atoms with E-state index >= 15 is 0 Å². The summed E-state index contributed by atoms with van der Waals surface area (Å²) in [5.74, 6) is 0.